The summed E-state index contributed by atoms with van der Waals surface area (Å²) in [6, 6.07) is 0. The normalized spacial score (nSPS) is 43.2. The highest BCUT2D eigenvalue weighted by molar-refractivity contribution is 5.00. The lowest BCUT2D eigenvalue weighted by Crippen LogP contribution is -2.62. The fourth-order valence-corrected chi connectivity index (χ4v) is 1.34. The van der Waals surface area contributed by atoms with Gasteiger partial charge in [0.05, 0.1) is 6.61 Å². The van der Waals surface area contributed by atoms with Crippen molar-refractivity contribution >= 4 is 0 Å². The molecule has 0 saturated carbocycles. The lowest BCUT2D eigenvalue weighted by molar-refractivity contribution is -0.424. The molecule has 4 nitrogen and oxygen atoms in total. The Bertz CT molecular complexity index is 247. The molecule has 1 aliphatic heterocycles. The van der Waals surface area contributed by atoms with Gasteiger partial charge in [-0.25, -0.2) is 0 Å². The van der Waals surface area contributed by atoms with E-state index in [1.165, 1.54) is 14.2 Å². The Kier molecular flexibility index (Phi) is 3.17. The monoisotopic (exact) mass is 200 g/mol. The molecule has 1 heterocycles. The van der Waals surface area contributed by atoms with Gasteiger partial charge in [-0.1, -0.05) is 5.92 Å². The van der Waals surface area contributed by atoms with Crippen LogP contribution >= 0.6 is 0 Å². The smallest absolute Gasteiger partial charge is 0.221 e. The van der Waals surface area contributed by atoms with Gasteiger partial charge in [-0.3, -0.25) is 0 Å². The molecule has 0 aliphatic carbocycles. The van der Waals surface area contributed by atoms with Gasteiger partial charge in [0, 0.05) is 14.2 Å². The van der Waals surface area contributed by atoms with Crippen molar-refractivity contribution in [3.05, 3.63) is 0 Å². The molecule has 1 rings (SSSR count). The molecule has 1 aliphatic rings. The predicted molar refractivity (Wildman–Crippen MR) is 50.5 cm³/mol. The fraction of sp³-hybridized carbons (Fsp3) is 0.800. The Morgan fingerprint density at radius 3 is 2.29 bits per heavy atom. The maximum absolute atomic E-state index is 5.57. The molecule has 0 unspecified atom stereocenters. The quantitative estimate of drug-likeness (QED) is 0.617. The van der Waals surface area contributed by atoms with E-state index < -0.39 is 17.7 Å². The van der Waals surface area contributed by atoms with Gasteiger partial charge in [0.1, 0.15) is 6.10 Å². The van der Waals surface area contributed by atoms with Crippen molar-refractivity contribution in [3.8, 4) is 12.3 Å². The number of hydrogen-bond donors (Lipinski definition) is 0. The highest BCUT2D eigenvalue weighted by atomic mass is 16.8. The highest BCUT2D eigenvalue weighted by Crippen LogP contribution is 2.36. The maximum atomic E-state index is 5.57. The topological polar surface area (TPSA) is 36.9 Å². The minimum absolute atomic E-state index is 0.305. The molecule has 1 saturated heterocycles. The van der Waals surface area contributed by atoms with E-state index in [-0.39, 0.29) is 0 Å². The van der Waals surface area contributed by atoms with Gasteiger partial charge in [0.25, 0.3) is 0 Å². The average molecular weight is 200 g/mol. The molecule has 0 aromatic carbocycles. The summed E-state index contributed by atoms with van der Waals surface area (Å²) in [5.41, 5.74) is 0. The third-order valence-corrected chi connectivity index (χ3v) is 2.67. The van der Waals surface area contributed by atoms with Gasteiger partial charge in [-0.05, 0) is 13.8 Å². The van der Waals surface area contributed by atoms with Crippen molar-refractivity contribution in [1.82, 2.24) is 0 Å². The summed E-state index contributed by atoms with van der Waals surface area (Å²) in [6.45, 7) is 3.79. The van der Waals surface area contributed by atoms with Gasteiger partial charge in [0.2, 0.25) is 11.6 Å². The lowest BCUT2D eigenvalue weighted by Gasteiger charge is -2.47. The van der Waals surface area contributed by atoms with Crippen LogP contribution < -0.4 is 0 Å². The van der Waals surface area contributed by atoms with Crippen LogP contribution in [0.1, 0.15) is 13.8 Å². The summed E-state index contributed by atoms with van der Waals surface area (Å²) in [4.78, 5) is 0. The molecule has 14 heavy (non-hydrogen) atoms. The first-order chi connectivity index (χ1) is 6.51. The first-order valence-corrected chi connectivity index (χ1v) is 4.39. The van der Waals surface area contributed by atoms with Crippen molar-refractivity contribution < 1.29 is 18.9 Å². The van der Waals surface area contributed by atoms with Gasteiger partial charge in [-0.2, -0.15) is 0 Å². The van der Waals surface area contributed by atoms with Crippen molar-refractivity contribution in [2.45, 2.75) is 31.5 Å². The first kappa shape index (κ1) is 11.5. The first-order valence-electron chi connectivity index (χ1n) is 4.39. The van der Waals surface area contributed by atoms with Crippen LogP contribution in [0.25, 0.3) is 0 Å². The minimum atomic E-state index is -0.989. The van der Waals surface area contributed by atoms with Crippen LogP contribution in [0.4, 0.5) is 0 Å². The Hall–Kier alpha value is -0.600. The minimum Gasteiger partial charge on any atom is -0.349 e. The number of methoxy groups -OCH3 is 2. The lowest BCUT2D eigenvalue weighted by atomic mass is 10.1. The van der Waals surface area contributed by atoms with E-state index in [1.807, 2.05) is 0 Å². The van der Waals surface area contributed by atoms with E-state index in [2.05, 4.69) is 5.92 Å². The third-order valence-electron chi connectivity index (χ3n) is 2.67. The summed E-state index contributed by atoms with van der Waals surface area (Å²) >= 11 is 0. The molecule has 0 aromatic rings. The van der Waals surface area contributed by atoms with Crippen LogP contribution in [0.5, 0.6) is 0 Å². The molecule has 0 N–H and O–H groups in total. The molecule has 0 aromatic heterocycles. The van der Waals surface area contributed by atoms with E-state index >= 15 is 0 Å². The molecular weight excluding hydrogens is 184 g/mol. The van der Waals surface area contributed by atoms with Crippen LogP contribution in [0, 0.1) is 12.3 Å². The van der Waals surface area contributed by atoms with Crippen LogP contribution in [0.15, 0.2) is 0 Å². The molecule has 3 atom stereocenters. The molecule has 0 bridgehead atoms. The van der Waals surface area contributed by atoms with Crippen LogP contribution in [-0.2, 0) is 18.9 Å². The molecule has 1 fully saturated rings. The van der Waals surface area contributed by atoms with E-state index in [4.69, 9.17) is 25.4 Å². The molecule has 80 valence electrons. The van der Waals surface area contributed by atoms with Crippen LogP contribution in [-0.4, -0.2) is 38.5 Å². The van der Waals surface area contributed by atoms with E-state index in [9.17, 15) is 0 Å². The molecule has 0 amide bonds. The second kappa shape index (κ2) is 3.87. The molecule has 0 spiro atoms. The van der Waals surface area contributed by atoms with Crippen molar-refractivity contribution in [2.24, 2.45) is 0 Å². The predicted octanol–water partition coefficient (Wildman–Crippen LogP) is 0.760. The average Bonchev–Trinajstić information content (AvgIpc) is 2.22. The Balaban J connectivity index is 2.88. The SMILES string of the molecule is C#C[C@H]1CO[C@](C)(OC)[C@@](C)(OC)O1. The second-order valence-electron chi connectivity index (χ2n) is 3.38. The Morgan fingerprint density at radius 1 is 1.29 bits per heavy atom. The van der Waals surface area contributed by atoms with E-state index in [0.29, 0.717) is 6.61 Å². The summed E-state index contributed by atoms with van der Waals surface area (Å²) in [7, 11) is 3.07. The fourth-order valence-electron chi connectivity index (χ4n) is 1.34. The number of terminal acetylenes is 1. The molecule has 0 radical (unpaired) electrons. The zero-order valence-corrected chi connectivity index (χ0v) is 8.99. The standard InChI is InChI=1S/C10H16O4/c1-6-8-7-13-9(2,11-4)10(3,12-5)14-8/h1,8H,7H2,2-5H3/t8-,9-,10-/m0/s1. The highest BCUT2D eigenvalue weighted by Gasteiger charge is 2.53. The van der Waals surface area contributed by atoms with Gasteiger partial charge in [-0.15, -0.1) is 6.42 Å². The van der Waals surface area contributed by atoms with Gasteiger partial charge in [0.15, 0.2) is 0 Å². The van der Waals surface area contributed by atoms with E-state index in [0.717, 1.165) is 0 Å². The summed E-state index contributed by atoms with van der Waals surface area (Å²) in [5.74, 6) is 0.548. The van der Waals surface area contributed by atoms with Crippen molar-refractivity contribution in [1.29, 1.82) is 0 Å². The van der Waals surface area contributed by atoms with Crippen molar-refractivity contribution in [2.75, 3.05) is 20.8 Å². The van der Waals surface area contributed by atoms with E-state index in [1.54, 1.807) is 13.8 Å². The number of ether oxygens (including phenoxy) is 4. The van der Waals surface area contributed by atoms with Gasteiger partial charge < -0.3 is 18.9 Å². The van der Waals surface area contributed by atoms with Gasteiger partial charge >= 0.3 is 0 Å². The molecular formula is C10H16O4. The Labute approximate surface area is 84.5 Å². The largest absolute Gasteiger partial charge is 0.349 e. The Morgan fingerprint density at radius 2 is 1.86 bits per heavy atom. The van der Waals surface area contributed by atoms with Crippen LogP contribution in [0.2, 0.25) is 0 Å². The third kappa shape index (κ3) is 1.64. The van der Waals surface area contributed by atoms with Crippen molar-refractivity contribution in [3.63, 3.8) is 0 Å². The van der Waals surface area contributed by atoms with Crippen LogP contribution in [0.3, 0.4) is 0 Å². The summed E-state index contributed by atoms with van der Waals surface area (Å²) in [6.07, 6.45) is 4.86. The zero-order valence-electron chi connectivity index (χ0n) is 8.99. The summed E-state index contributed by atoms with van der Waals surface area (Å²) in [5, 5.41) is 0. The zero-order chi connectivity index (χ0) is 10.8. The molecule has 4 heteroatoms. The maximum Gasteiger partial charge on any atom is 0.221 e. The summed E-state index contributed by atoms with van der Waals surface area (Å²) < 4.78 is 21.6. The number of rotatable bonds is 2. The number of hydrogen-bond acceptors (Lipinski definition) is 4. The second-order valence-corrected chi connectivity index (χ2v) is 3.38.